The van der Waals surface area contributed by atoms with Crippen molar-refractivity contribution in [1.29, 1.82) is 0 Å². The second-order valence-electron chi connectivity index (χ2n) is 21.8. The predicted molar refractivity (Wildman–Crippen MR) is 366 cm³/mol. The summed E-state index contributed by atoms with van der Waals surface area (Å²) in [6.45, 7) is 11.2. The van der Waals surface area contributed by atoms with E-state index in [2.05, 4.69) is 121 Å². The number of nitrogens with one attached hydrogen (secondary N) is 10. The third-order valence-electron chi connectivity index (χ3n) is 15.5. The number of piperidine rings is 1. The molecule has 18 rings (SSSR count). The van der Waals surface area contributed by atoms with Gasteiger partial charge in [0, 0.05) is 131 Å². The van der Waals surface area contributed by atoms with Crippen LogP contribution < -0.4 is 57.9 Å². The van der Waals surface area contributed by atoms with Crippen LogP contribution in [0.5, 0.6) is 5.75 Å². The van der Waals surface area contributed by atoms with Crippen molar-refractivity contribution in [3.8, 4) is 5.75 Å². The van der Waals surface area contributed by atoms with Gasteiger partial charge in [0.15, 0.2) is 17.4 Å². The summed E-state index contributed by atoms with van der Waals surface area (Å²) in [7, 11) is 0. The molecule has 472 valence electrons. The van der Waals surface area contributed by atoms with Crippen LogP contribution in [0.1, 0.15) is 94.2 Å². The minimum atomic E-state index is 0. The van der Waals surface area contributed by atoms with Gasteiger partial charge in [0.05, 0.1) is 24.1 Å². The van der Waals surface area contributed by atoms with E-state index in [1.807, 2.05) is 97.3 Å². The van der Waals surface area contributed by atoms with Gasteiger partial charge in [-0.1, -0.05) is 27.0 Å². The van der Waals surface area contributed by atoms with Crippen molar-refractivity contribution < 1.29 is 4.74 Å². The van der Waals surface area contributed by atoms with Crippen LogP contribution in [0.3, 0.4) is 0 Å². The van der Waals surface area contributed by atoms with Crippen LogP contribution >= 0.6 is 11.8 Å². The topological polar surface area (TPSA) is 258 Å². The Kier molecular flexibility index (Phi) is 27.8. The van der Waals surface area contributed by atoms with Crippen LogP contribution in [0.2, 0.25) is 0 Å². The first-order chi connectivity index (χ1) is 43.2. The van der Waals surface area contributed by atoms with Crippen molar-refractivity contribution in [1.82, 2.24) is 55.4 Å². The van der Waals surface area contributed by atoms with E-state index in [9.17, 15) is 0 Å². The van der Waals surface area contributed by atoms with Gasteiger partial charge in [-0.3, -0.25) is 9.97 Å². The lowest BCUT2D eigenvalue weighted by atomic mass is 10.1. The van der Waals surface area contributed by atoms with Gasteiger partial charge in [-0.15, -0.1) is 16.9 Å². The number of fused-ring (bicyclic) bond motifs is 10. The average molecular weight is 1230 g/mol. The van der Waals surface area contributed by atoms with E-state index in [1.165, 1.54) is 104 Å². The molecule has 9 aliphatic heterocycles. The normalized spacial score (nSPS) is 17.6. The zero-order valence-corrected chi connectivity index (χ0v) is 50.6. The molecule has 2 fully saturated rings. The quantitative estimate of drug-likeness (QED) is 0.0677. The Morgan fingerprint density at radius 2 is 1.02 bits per heavy atom. The highest BCUT2D eigenvalue weighted by molar-refractivity contribution is 7.99. The number of ether oxygens (including phenoxy) is 1. The van der Waals surface area contributed by atoms with Gasteiger partial charge in [0.2, 0.25) is 0 Å². The lowest BCUT2D eigenvalue weighted by molar-refractivity contribution is 0.321. The SMILES string of the molecule is C.C.C1CC2CC1CN2.c1cc2c(cn1)CCCN2.c1cc2c(nn1)NCCC2.c1cnc2c(c1)CCCCN2.c1cnc2c(c1)CCN2.c1cnc2c(c1)NCCN2.c1cnc2c(c1)OCCN2.c1cnc2c(c1)SCCN2.c1cnc2c(n1)CCCN2. The highest BCUT2D eigenvalue weighted by Gasteiger charge is 2.30. The lowest BCUT2D eigenvalue weighted by Crippen LogP contribution is -2.23. The molecule has 8 aromatic heterocycles. The molecule has 1 aliphatic carbocycles. The third kappa shape index (κ3) is 21.3. The molecule has 1 saturated heterocycles. The molecule has 0 aromatic carbocycles. The smallest absolute Gasteiger partial charge is 0.168 e. The van der Waals surface area contributed by atoms with Crippen LogP contribution in [-0.4, -0.2) is 134 Å². The van der Waals surface area contributed by atoms with Gasteiger partial charge in [0.25, 0.3) is 0 Å². The Bertz CT molecular complexity index is 2710. The van der Waals surface area contributed by atoms with E-state index in [1.54, 1.807) is 31.0 Å². The largest absolute Gasteiger partial charge is 0.488 e. The molecule has 0 amide bonds. The maximum absolute atomic E-state index is 5.30. The van der Waals surface area contributed by atoms with Gasteiger partial charge in [-0.05, 0) is 179 Å². The molecule has 0 radical (unpaired) electrons. The molecule has 0 spiro atoms. The Hall–Kier alpha value is -8.63. The summed E-state index contributed by atoms with van der Waals surface area (Å²) in [5, 5.41) is 40.2. The maximum Gasteiger partial charge on any atom is 0.168 e. The molecule has 2 unspecified atom stereocenters. The molecule has 22 heteroatoms. The first-order valence-electron chi connectivity index (χ1n) is 31.1. The minimum Gasteiger partial charge on any atom is -0.488 e. The molecule has 2 atom stereocenters. The molecular weight excluding hydrogens is 1130 g/mol. The fourth-order valence-electron chi connectivity index (χ4n) is 11.0. The van der Waals surface area contributed by atoms with Crippen LogP contribution in [0.25, 0.3) is 0 Å². The number of hydrogen-bond acceptors (Lipinski definition) is 22. The van der Waals surface area contributed by atoms with Crippen molar-refractivity contribution in [2.24, 2.45) is 5.92 Å². The molecule has 17 heterocycles. The molecule has 10 N–H and O–H groups in total. The highest BCUT2D eigenvalue weighted by Crippen LogP contribution is 2.31. The number of aryl methyl sites for hydroxylation is 4. The van der Waals surface area contributed by atoms with E-state index < -0.39 is 0 Å². The summed E-state index contributed by atoms with van der Waals surface area (Å²) in [5.74, 6) is 10.0. The number of hydrogen-bond donors (Lipinski definition) is 10. The van der Waals surface area contributed by atoms with Crippen molar-refractivity contribution in [3.05, 3.63) is 163 Å². The first-order valence-corrected chi connectivity index (χ1v) is 32.1. The van der Waals surface area contributed by atoms with Crippen molar-refractivity contribution >= 4 is 63.9 Å². The average Bonchev–Trinajstić information content (AvgIpc) is 4.54. The van der Waals surface area contributed by atoms with Gasteiger partial charge in [-0.2, -0.15) is 5.10 Å². The summed E-state index contributed by atoms with van der Waals surface area (Å²) >= 11 is 1.86. The second kappa shape index (κ2) is 37.3. The van der Waals surface area contributed by atoms with Gasteiger partial charge in [0.1, 0.15) is 35.7 Å². The number of nitrogens with zero attached hydrogens (tertiary/aromatic N) is 10. The minimum absolute atomic E-state index is 0. The Balaban J connectivity index is 0.000000129. The van der Waals surface area contributed by atoms with E-state index in [0.29, 0.717) is 0 Å². The molecule has 89 heavy (non-hydrogen) atoms. The van der Waals surface area contributed by atoms with Gasteiger partial charge < -0.3 is 57.9 Å². The highest BCUT2D eigenvalue weighted by atomic mass is 32.2. The molecule has 8 aromatic rings. The number of pyridine rings is 6. The third-order valence-corrected chi connectivity index (χ3v) is 16.5. The van der Waals surface area contributed by atoms with Crippen LogP contribution in [0, 0.1) is 5.92 Å². The van der Waals surface area contributed by atoms with Gasteiger partial charge in [-0.25, -0.2) is 29.9 Å². The molecular formula is C67H92N20OS. The van der Waals surface area contributed by atoms with E-state index in [-0.39, 0.29) is 14.9 Å². The molecule has 2 bridgehead atoms. The van der Waals surface area contributed by atoms with Crippen molar-refractivity contribution in [2.75, 3.05) is 126 Å². The van der Waals surface area contributed by atoms with E-state index >= 15 is 0 Å². The standard InChI is InChI=1S/C9H12N2.C8H10N2.3C7H9N3.C7H8N2O.C7H8N2S.C7H8N2.C6H11N.2CH4/c1-2-6-10-9-8(4-1)5-3-7-11-9;1-2-7-6-9-5-3-8(7)10-4-1;1-2-6-3-5-9-10-7(6)8-4-1;2*1-2-6-7(9-3-1)10-5-4-8-6;2*1-2-6-7(8-3-1)9-4-5-10-6;1-2-6-3-5-9-7(6)8-4-1;1-2-6-3-5(1)4-7-6;;/h3,5,7H,1-2,4,6H2,(H,10,11);3,5-6,10H,1-2,4H2;3,5H,1-2,4H2,(H,8,10);4-5H,1-3H2,(H,9,10);1-3,8H,4-5H2,(H,9,10);2*1-3H,4-5H2,(H,8,9);1-2,4H,3,5H2,(H,8,9);5-7H,1-4H2;2*1H4. The Morgan fingerprint density at radius 3 is 1.75 bits per heavy atom. The van der Waals surface area contributed by atoms with Crippen LogP contribution in [0.4, 0.5) is 52.1 Å². The number of rotatable bonds is 0. The number of anilines is 9. The summed E-state index contributed by atoms with van der Waals surface area (Å²) < 4.78 is 5.30. The van der Waals surface area contributed by atoms with Crippen LogP contribution in [0.15, 0.2) is 140 Å². The summed E-state index contributed by atoms with van der Waals surface area (Å²) in [6.07, 6.45) is 34.3. The predicted octanol–water partition coefficient (Wildman–Crippen LogP) is 11.4. The second-order valence-corrected chi connectivity index (χ2v) is 22.9. The summed E-state index contributed by atoms with van der Waals surface area (Å²) in [6, 6.07) is 25.0. The zero-order chi connectivity index (χ0) is 59.2. The number of thioether (sulfide) groups is 1. The zero-order valence-electron chi connectivity index (χ0n) is 49.8. The Labute approximate surface area is 530 Å². The van der Waals surface area contributed by atoms with E-state index in [4.69, 9.17) is 4.74 Å². The summed E-state index contributed by atoms with van der Waals surface area (Å²) in [5.41, 5.74) is 8.83. The molecule has 10 aliphatic rings. The van der Waals surface area contributed by atoms with Gasteiger partial charge >= 0.3 is 0 Å². The van der Waals surface area contributed by atoms with Crippen molar-refractivity contribution in [3.63, 3.8) is 0 Å². The lowest BCUT2D eigenvalue weighted by Gasteiger charge is -2.17. The fraction of sp³-hybridized carbons (Fsp3) is 0.433. The van der Waals surface area contributed by atoms with E-state index in [0.717, 1.165) is 160 Å². The Morgan fingerprint density at radius 1 is 0.416 bits per heavy atom. The van der Waals surface area contributed by atoms with Crippen molar-refractivity contribution in [2.45, 2.75) is 109 Å². The fourth-order valence-corrected chi connectivity index (χ4v) is 11.9. The monoisotopic (exact) mass is 1220 g/mol. The molecule has 21 nitrogen and oxygen atoms in total. The van der Waals surface area contributed by atoms with Crippen LogP contribution in [-0.2, 0) is 32.1 Å². The number of aromatic nitrogens is 10. The summed E-state index contributed by atoms with van der Waals surface area (Å²) in [4.78, 5) is 34.5. The molecule has 1 saturated carbocycles. The maximum atomic E-state index is 5.30. The first kappa shape index (κ1) is 66.3.